The first-order valence-electron chi connectivity index (χ1n) is 16.1. The highest BCUT2D eigenvalue weighted by Gasteiger charge is 2.22. The van der Waals surface area contributed by atoms with Gasteiger partial charge in [0.2, 0.25) is 0 Å². The largest absolute Gasteiger partial charge is 0.256 e. The molecule has 1 aromatic heterocycles. The van der Waals surface area contributed by atoms with E-state index in [-0.39, 0.29) is 0 Å². The molecular formula is C45H31N. The number of hydrogen-bond acceptors (Lipinski definition) is 1. The predicted octanol–water partition coefficient (Wildman–Crippen LogP) is 10.3. The number of benzene rings is 7. The molecule has 1 heteroatoms. The first kappa shape index (κ1) is 26.6. The summed E-state index contributed by atoms with van der Waals surface area (Å²) < 4.78 is 0. The third kappa shape index (κ3) is 4.36. The average Bonchev–Trinajstić information content (AvgIpc) is 3.13. The summed E-state index contributed by atoms with van der Waals surface area (Å²) in [7, 11) is 0. The summed E-state index contributed by atoms with van der Waals surface area (Å²) >= 11 is 0. The van der Waals surface area contributed by atoms with Crippen LogP contribution in [-0.4, -0.2) is 4.98 Å². The Hall–Kier alpha value is -5.79. The highest BCUT2D eigenvalue weighted by atomic mass is 14.6. The number of pyridine rings is 1. The summed E-state index contributed by atoms with van der Waals surface area (Å²) in [5.74, 6) is 0. The minimum absolute atomic E-state index is 0.966. The van der Waals surface area contributed by atoms with Crippen LogP contribution in [0.4, 0.5) is 0 Å². The van der Waals surface area contributed by atoms with Crippen molar-refractivity contribution in [3.05, 3.63) is 174 Å². The Kier molecular flexibility index (Phi) is 6.35. The summed E-state index contributed by atoms with van der Waals surface area (Å²) in [6.07, 6.45) is 6.25. The van der Waals surface area contributed by atoms with Crippen molar-refractivity contribution in [2.75, 3.05) is 0 Å². The van der Waals surface area contributed by atoms with Crippen LogP contribution in [0.25, 0.3) is 77.3 Å². The third-order valence-corrected chi connectivity index (χ3v) is 9.56. The molecule has 0 amide bonds. The second kappa shape index (κ2) is 11.0. The van der Waals surface area contributed by atoms with Crippen LogP contribution in [0.1, 0.15) is 18.4 Å². The molecule has 216 valence electrons. The predicted molar refractivity (Wildman–Crippen MR) is 195 cm³/mol. The second-order valence-electron chi connectivity index (χ2n) is 12.2. The Bertz CT molecular complexity index is 2560. The molecule has 0 aliphatic heterocycles. The van der Waals surface area contributed by atoms with Crippen LogP contribution in [-0.2, 0) is 0 Å². The number of nitrogens with zero attached hydrogens (tertiary/aromatic N) is 1. The van der Waals surface area contributed by atoms with Crippen molar-refractivity contribution in [3.63, 3.8) is 0 Å². The molecule has 0 unspecified atom stereocenters. The van der Waals surface area contributed by atoms with Gasteiger partial charge in [0, 0.05) is 6.20 Å². The number of fused-ring (bicyclic) bond motifs is 4. The molecule has 1 aliphatic carbocycles. The van der Waals surface area contributed by atoms with Crippen molar-refractivity contribution in [1.29, 1.82) is 0 Å². The molecule has 0 bridgehead atoms. The zero-order valence-electron chi connectivity index (χ0n) is 25.4. The highest BCUT2D eigenvalue weighted by molar-refractivity contribution is 6.21. The summed E-state index contributed by atoms with van der Waals surface area (Å²) in [5.41, 5.74) is 10.1. The van der Waals surface area contributed by atoms with Crippen molar-refractivity contribution in [1.82, 2.24) is 4.98 Å². The zero-order valence-corrected chi connectivity index (χ0v) is 25.4. The Labute approximate surface area is 268 Å². The molecule has 1 aliphatic rings. The standard InChI is InChI=1S/C45H31N/c1-3-13-30(14-4-1)35-24-25-38-41(29-35)44(42-28-34-18-8-7-17-33(34)27-40(42)31-15-5-2-6-16-31)37-22-10-9-21-36(37)43(38)39-23-11-19-32-20-12-26-46-45(32)39/h1-10,12-22,24-29H,11,23H2. The van der Waals surface area contributed by atoms with Gasteiger partial charge in [-0.1, -0.05) is 133 Å². The summed E-state index contributed by atoms with van der Waals surface area (Å²) in [6, 6.07) is 55.5. The summed E-state index contributed by atoms with van der Waals surface area (Å²) in [5, 5.41) is 9.91. The molecule has 0 radical (unpaired) electrons. The van der Waals surface area contributed by atoms with Crippen LogP contribution in [0.15, 0.2) is 158 Å². The Morgan fingerprint density at radius 3 is 1.83 bits per heavy atom. The zero-order chi connectivity index (χ0) is 30.5. The van der Waals surface area contributed by atoms with E-state index in [2.05, 4.69) is 158 Å². The molecule has 0 spiro atoms. The lowest BCUT2D eigenvalue weighted by atomic mass is 9.81. The second-order valence-corrected chi connectivity index (χ2v) is 12.2. The van der Waals surface area contributed by atoms with Crippen LogP contribution in [0, 0.1) is 0 Å². The van der Waals surface area contributed by atoms with Gasteiger partial charge in [0.05, 0.1) is 5.35 Å². The van der Waals surface area contributed by atoms with Gasteiger partial charge in [-0.15, -0.1) is 0 Å². The maximum Gasteiger partial charge on any atom is 0.0737 e. The lowest BCUT2D eigenvalue weighted by Gasteiger charge is -2.22. The van der Waals surface area contributed by atoms with Crippen molar-refractivity contribution in [2.45, 2.75) is 12.8 Å². The van der Waals surface area contributed by atoms with E-state index in [9.17, 15) is 0 Å². The first-order valence-corrected chi connectivity index (χ1v) is 16.1. The molecule has 1 nitrogen and oxygen atoms in total. The highest BCUT2D eigenvalue weighted by Crippen LogP contribution is 2.47. The van der Waals surface area contributed by atoms with Crippen molar-refractivity contribution >= 4 is 44.0 Å². The fourth-order valence-corrected chi connectivity index (χ4v) is 7.48. The van der Waals surface area contributed by atoms with E-state index in [0.29, 0.717) is 0 Å². The molecule has 1 heterocycles. The maximum atomic E-state index is 4.96. The van der Waals surface area contributed by atoms with Crippen LogP contribution in [0.5, 0.6) is 0 Å². The van der Waals surface area contributed by atoms with E-state index in [1.807, 2.05) is 6.20 Å². The smallest absolute Gasteiger partial charge is 0.0737 e. The molecule has 7 aromatic carbocycles. The average molecular weight is 586 g/mol. The lowest BCUT2D eigenvalue weighted by Crippen LogP contribution is -2.32. The molecule has 0 saturated heterocycles. The van der Waals surface area contributed by atoms with E-state index in [4.69, 9.17) is 4.98 Å². The van der Waals surface area contributed by atoms with Gasteiger partial charge in [-0.2, -0.15) is 0 Å². The number of rotatable bonds is 4. The van der Waals surface area contributed by atoms with Gasteiger partial charge in [0.1, 0.15) is 0 Å². The van der Waals surface area contributed by atoms with E-state index in [1.165, 1.54) is 82.1 Å². The van der Waals surface area contributed by atoms with Gasteiger partial charge in [0.15, 0.2) is 0 Å². The van der Waals surface area contributed by atoms with Gasteiger partial charge in [0.25, 0.3) is 0 Å². The van der Waals surface area contributed by atoms with Gasteiger partial charge in [-0.3, -0.25) is 4.98 Å². The van der Waals surface area contributed by atoms with Gasteiger partial charge < -0.3 is 0 Å². The fourth-order valence-electron chi connectivity index (χ4n) is 7.48. The SMILES string of the molecule is C1=c2cccnc2=C(c2c3ccccc3c(-c3cc4ccccc4cc3-c3ccccc3)c3cc(-c4ccccc4)ccc23)CC1. The molecule has 0 saturated carbocycles. The fraction of sp³-hybridized carbons (Fsp3) is 0.0444. The molecule has 46 heavy (non-hydrogen) atoms. The van der Waals surface area contributed by atoms with Crippen molar-refractivity contribution in [2.24, 2.45) is 0 Å². The van der Waals surface area contributed by atoms with E-state index < -0.39 is 0 Å². The third-order valence-electron chi connectivity index (χ3n) is 9.56. The Morgan fingerprint density at radius 2 is 1.07 bits per heavy atom. The maximum absolute atomic E-state index is 4.96. The number of hydrogen-bond donors (Lipinski definition) is 0. The van der Waals surface area contributed by atoms with Crippen LogP contribution >= 0.6 is 0 Å². The first-order chi connectivity index (χ1) is 22.8. The van der Waals surface area contributed by atoms with Crippen LogP contribution in [0.2, 0.25) is 0 Å². The van der Waals surface area contributed by atoms with Gasteiger partial charge >= 0.3 is 0 Å². The molecule has 0 fully saturated rings. The van der Waals surface area contributed by atoms with E-state index in [0.717, 1.165) is 18.2 Å². The minimum atomic E-state index is 0.966. The van der Waals surface area contributed by atoms with Gasteiger partial charge in [-0.05, 0) is 119 Å². The van der Waals surface area contributed by atoms with E-state index >= 15 is 0 Å². The molecule has 8 aromatic rings. The van der Waals surface area contributed by atoms with Crippen LogP contribution < -0.4 is 10.6 Å². The Balaban J connectivity index is 1.49. The topological polar surface area (TPSA) is 12.9 Å². The van der Waals surface area contributed by atoms with E-state index in [1.54, 1.807) is 0 Å². The quantitative estimate of drug-likeness (QED) is 0.187. The van der Waals surface area contributed by atoms with Gasteiger partial charge in [-0.25, -0.2) is 0 Å². The van der Waals surface area contributed by atoms with Crippen molar-refractivity contribution < 1.29 is 0 Å². The monoisotopic (exact) mass is 585 g/mol. The molecule has 9 rings (SSSR count). The summed E-state index contributed by atoms with van der Waals surface area (Å²) in [6.45, 7) is 0. The molecular weight excluding hydrogens is 555 g/mol. The van der Waals surface area contributed by atoms with Crippen molar-refractivity contribution in [3.8, 4) is 33.4 Å². The lowest BCUT2D eigenvalue weighted by molar-refractivity contribution is 1.04. The molecule has 0 atom stereocenters. The summed E-state index contributed by atoms with van der Waals surface area (Å²) in [4.78, 5) is 4.96. The normalized spacial score (nSPS) is 12.7. The Morgan fingerprint density at radius 1 is 0.435 bits per heavy atom. The number of aromatic nitrogens is 1. The molecule has 0 N–H and O–H groups in total. The minimum Gasteiger partial charge on any atom is -0.256 e. The van der Waals surface area contributed by atoms with Crippen LogP contribution in [0.3, 0.4) is 0 Å².